The quantitative estimate of drug-likeness (QED) is 0.856. The van der Waals surface area contributed by atoms with Crippen LogP contribution in [-0.4, -0.2) is 60.5 Å². The largest absolute Gasteiger partial charge is 0.433 e. The van der Waals surface area contributed by atoms with Crippen molar-refractivity contribution in [2.75, 3.05) is 44.7 Å². The average Bonchev–Trinajstić information content (AvgIpc) is 2.46. The predicted molar refractivity (Wildman–Crippen MR) is 71.0 cm³/mol. The molecule has 5 nitrogen and oxygen atoms in total. The minimum absolute atomic E-state index is 0.103. The number of rotatable bonds is 5. The van der Waals surface area contributed by atoms with Crippen molar-refractivity contribution in [1.29, 1.82) is 0 Å². The number of hydrogen-bond acceptors (Lipinski definition) is 5. The first-order valence-electron chi connectivity index (χ1n) is 6.71. The molecular formula is C13H18F3N3O2. The highest BCUT2D eigenvalue weighted by Crippen LogP contribution is 2.28. The Morgan fingerprint density at radius 2 is 2.05 bits per heavy atom. The molecule has 1 aromatic rings. The SMILES string of the molecule is O[C@@H](CNc1cccc(C(F)(F)F)n1)CN1CCOCC1. The molecule has 1 aromatic heterocycles. The van der Waals surface area contributed by atoms with Crippen LogP contribution in [0.3, 0.4) is 0 Å². The number of β-amino-alcohol motifs (C(OH)–C–C–N with tert-alkyl or cyclic N) is 1. The van der Waals surface area contributed by atoms with Crippen LogP contribution in [0.5, 0.6) is 0 Å². The molecule has 1 atom stereocenters. The number of anilines is 1. The van der Waals surface area contributed by atoms with E-state index in [0.717, 1.165) is 19.2 Å². The summed E-state index contributed by atoms with van der Waals surface area (Å²) in [6.45, 7) is 3.36. The lowest BCUT2D eigenvalue weighted by molar-refractivity contribution is -0.141. The van der Waals surface area contributed by atoms with Gasteiger partial charge in [0, 0.05) is 26.2 Å². The molecule has 0 saturated carbocycles. The van der Waals surface area contributed by atoms with Gasteiger partial charge in [-0.25, -0.2) is 4.98 Å². The minimum Gasteiger partial charge on any atom is -0.390 e. The van der Waals surface area contributed by atoms with Crippen LogP contribution in [-0.2, 0) is 10.9 Å². The Hall–Kier alpha value is -1.38. The van der Waals surface area contributed by atoms with E-state index in [0.29, 0.717) is 19.8 Å². The lowest BCUT2D eigenvalue weighted by Gasteiger charge is -2.28. The molecule has 2 N–H and O–H groups in total. The van der Waals surface area contributed by atoms with E-state index in [4.69, 9.17) is 4.74 Å². The number of ether oxygens (including phenoxy) is 1. The smallest absolute Gasteiger partial charge is 0.390 e. The van der Waals surface area contributed by atoms with Gasteiger partial charge in [0.05, 0.1) is 19.3 Å². The van der Waals surface area contributed by atoms with Gasteiger partial charge in [-0.05, 0) is 12.1 Å². The number of hydrogen-bond donors (Lipinski definition) is 2. The zero-order valence-electron chi connectivity index (χ0n) is 11.4. The third kappa shape index (κ3) is 5.14. The molecule has 8 heteroatoms. The Morgan fingerprint density at radius 1 is 1.33 bits per heavy atom. The van der Waals surface area contributed by atoms with Gasteiger partial charge < -0.3 is 15.2 Å². The molecule has 118 valence electrons. The fraction of sp³-hybridized carbons (Fsp3) is 0.615. The van der Waals surface area contributed by atoms with E-state index < -0.39 is 18.0 Å². The summed E-state index contributed by atoms with van der Waals surface area (Å²) in [5, 5.41) is 12.6. The molecule has 0 aromatic carbocycles. The van der Waals surface area contributed by atoms with E-state index in [1.165, 1.54) is 12.1 Å². The molecule has 1 aliphatic heterocycles. The zero-order chi connectivity index (χ0) is 15.3. The van der Waals surface area contributed by atoms with Crippen LogP contribution in [0.15, 0.2) is 18.2 Å². The van der Waals surface area contributed by atoms with E-state index >= 15 is 0 Å². The Labute approximate surface area is 120 Å². The Balaban J connectivity index is 1.82. The molecule has 1 aliphatic rings. The molecule has 21 heavy (non-hydrogen) atoms. The summed E-state index contributed by atoms with van der Waals surface area (Å²) in [7, 11) is 0. The normalized spacial score (nSPS) is 18.5. The molecule has 1 fully saturated rings. The van der Waals surface area contributed by atoms with Gasteiger partial charge in [0.2, 0.25) is 0 Å². The molecule has 0 bridgehead atoms. The third-order valence-corrected chi connectivity index (χ3v) is 3.13. The second-order valence-electron chi connectivity index (χ2n) is 4.85. The molecule has 1 saturated heterocycles. The summed E-state index contributed by atoms with van der Waals surface area (Å²) in [6, 6.07) is 3.64. The standard InChI is InChI=1S/C13H18F3N3O2/c14-13(15,16)11-2-1-3-12(18-11)17-8-10(20)9-19-4-6-21-7-5-19/h1-3,10,20H,4-9H2,(H,17,18)/t10-/m0/s1. The third-order valence-electron chi connectivity index (χ3n) is 3.13. The topological polar surface area (TPSA) is 57.6 Å². The maximum atomic E-state index is 12.5. The fourth-order valence-corrected chi connectivity index (χ4v) is 2.06. The average molecular weight is 305 g/mol. The number of morpholine rings is 1. The number of alkyl halides is 3. The Bertz CT molecular complexity index is 451. The molecule has 0 radical (unpaired) electrons. The lowest BCUT2D eigenvalue weighted by atomic mass is 10.3. The van der Waals surface area contributed by atoms with E-state index in [-0.39, 0.29) is 12.4 Å². The van der Waals surface area contributed by atoms with Crippen molar-refractivity contribution >= 4 is 5.82 Å². The monoisotopic (exact) mass is 305 g/mol. The Morgan fingerprint density at radius 3 is 2.71 bits per heavy atom. The number of aliphatic hydroxyl groups excluding tert-OH is 1. The van der Waals surface area contributed by atoms with Crippen LogP contribution >= 0.6 is 0 Å². The second kappa shape index (κ2) is 7.06. The molecule has 0 amide bonds. The van der Waals surface area contributed by atoms with E-state index in [2.05, 4.69) is 15.2 Å². The molecule has 0 unspecified atom stereocenters. The van der Waals surface area contributed by atoms with E-state index in [9.17, 15) is 18.3 Å². The van der Waals surface area contributed by atoms with Crippen LogP contribution in [0.1, 0.15) is 5.69 Å². The first-order valence-corrected chi connectivity index (χ1v) is 6.71. The number of aromatic nitrogens is 1. The number of halogens is 3. The molecule has 2 heterocycles. The van der Waals surface area contributed by atoms with Crippen molar-refractivity contribution in [2.24, 2.45) is 0 Å². The highest BCUT2D eigenvalue weighted by Gasteiger charge is 2.32. The lowest BCUT2D eigenvalue weighted by Crippen LogP contribution is -2.42. The van der Waals surface area contributed by atoms with Gasteiger partial charge >= 0.3 is 6.18 Å². The maximum absolute atomic E-state index is 12.5. The van der Waals surface area contributed by atoms with E-state index in [1.807, 2.05) is 0 Å². The van der Waals surface area contributed by atoms with Gasteiger partial charge in [-0.2, -0.15) is 13.2 Å². The van der Waals surface area contributed by atoms with Crippen molar-refractivity contribution in [3.05, 3.63) is 23.9 Å². The first kappa shape index (κ1) is 16.0. The number of aliphatic hydroxyl groups is 1. The molecular weight excluding hydrogens is 287 g/mol. The van der Waals surface area contributed by atoms with Crippen molar-refractivity contribution in [1.82, 2.24) is 9.88 Å². The van der Waals surface area contributed by atoms with Crippen LogP contribution in [0, 0.1) is 0 Å². The molecule has 0 spiro atoms. The Kier molecular flexibility index (Phi) is 5.38. The van der Waals surface area contributed by atoms with Crippen molar-refractivity contribution in [3.8, 4) is 0 Å². The zero-order valence-corrected chi connectivity index (χ0v) is 11.4. The molecule has 0 aliphatic carbocycles. The van der Waals surface area contributed by atoms with Crippen molar-refractivity contribution in [3.63, 3.8) is 0 Å². The summed E-state index contributed by atoms with van der Waals surface area (Å²) >= 11 is 0. The summed E-state index contributed by atoms with van der Waals surface area (Å²) < 4.78 is 42.8. The van der Waals surface area contributed by atoms with E-state index in [1.54, 1.807) is 0 Å². The predicted octanol–water partition coefficient (Wildman–Crippen LogP) is 1.21. The minimum atomic E-state index is -4.47. The van der Waals surface area contributed by atoms with Crippen LogP contribution in [0.4, 0.5) is 19.0 Å². The van der Waals surface area contributed by atoms with Crippen LogP contribution < -0.4 is 5.32 Å². The highest BCUT2D eigenvalue weighted by molar-refractivity contribution is 5.36. The fourth-order valence-electron chi connectivity index (χ4n) is 2.06. The van der Waals surface area contributed by atoms with Gasteiger partial charge in [-0.1, -0.05) is 6.07 Å². The van der Waals surface area contributed by atoms with Crippen molar-refractivity contribution in [2.45, 2.75) is 12.3 Å². The number of nitrogens with zero attached hydrogens (tertiary/aromatic N) is 2. The summed E-state index contributed by atoms with van der Waals surface area (Å²) in [4.78, 5) is 5.53. The summed E-state index contributed by atoms with van der Waals surface area (Å²) in [5.41, 5.74) is -0.949. The van der Waals surface area contributed by atoms with Gasteiger partial charge in [-0.3, -0.25) is 4.90 Å². The van der Waals surface area contributed by atoms with Gasteiger partial charge in [0.1, 0.15) is 11.5 Å². The number of nitrogens with one attached hydrogen (secondary N) is 1. The van der Waals surface area contributed by atoms with Crippen LogP contribution in [0.2, 0.25) is 0 Å². The summed E-state index contributed by atoms with van der Waals surface area (Å²) in [6.07, 6.45) is -5.15. The first-order chi connectivity index (χ1) is 9.95. The van der Waals surface area contributed by atoms with Gasteiger partial charge in [-0.15, -0.1) is 0 Å². The summed E-state index contributed by atoms with van der Waals surface area (Å²) in [5.74, 6) is 0.103. The van der Waals surface area contributed by atoms with Gasteiger partial charge in [0.15, 0.2) is 0 Å². The second-order valence-corrected chi connectivity index (χ2v) is 4.85. The molecule has 2 rings (SSSR count). The van der Waals surface area contributed by atoms with Gasteiger partial charge in [0.25, 0.3) is 0 Å². The van der Waals surface area contributed by atoms with Crippen molar-refractivity contribution < 1.29 is 23.0 Å². The number of pyridine rings is 1. The van der Waals surface area contributed by atoms with Crippen LogP contribution in [0.25, 0.3) is 0 Å². The maximum Gasteiger partial charge on any atom is 0.433 e. The highest BCUT2D eigenvalue weighted by atomic mass is 19.4.